The Balaban J connectivity index is 2.07. The molecule has 2 rings (SSSR count). The van der Waals surface area contributed by atoms with Crippen LogP contribution in [0.4, 0.5) is 5.69 Å². The maximum Gasteiger partial charge on any atom is 0.229 e. The zero-order valence-corrected chi connectivity index (χ0v) is 10.9. The van der Waals surface area contributed by atoms with Crippen LogP contribution in [-0.4, -0.2) is 62.9 Å². The third kappa shape index (κ3) is 3.48. The molecule has 1 aromatic carbocycles. The summed E-state index contributed by atoms with van der Waals surface area (Å²) in [5, 5.41) is 56.5. The standard InChI is InChI=1S/C12H17NO8/c14-5-8-9(15)10(16)11(17)12(21-8)20-7-3-1-6(2-4-7)13(18)19/h1-4,8-18H,5H2/t8-,9-,10+,11-,12-/m1/s1. The molecule has 0 bridgehead atoms. The van der Waals surface area contributed by atoms with Gasteiger partial charge in [-0.05, 0) is 12.1 Å². The molecule has 0 radical (unpaired) electrons. The second-order valence-corrected chi connectivity index (χ2v) is 4.64. The molecule has 0 spiro atoms. The second kappa shape index (κ2) is 6.64. The van der Waals surface area contributed by atoms with Gasteiger partial charge in [0.05, 0.1) is 6.61 Å². The fraction of sp³-hybridized carbons (Fsp3) is 0.500. The van der Waals surface area contributed by atoms with Crippen LogP contribution in [0.15, 0.2) is 24.3 Å². The molecule has 0 saturated carbocycles. The van der Waals surface area contributed by atoms with Crippen molar-refractivity contribution in [2.75, 3.05) is 6.61 Å². The van der Waals surface area contributed by atoms with Crippen LogP contribution in [0.2, 0.25) is 0 Å². The first kappa shape index (κ1) is 16.1. The van der Waals surface area contributed by atoms with Crippen LogP contribution in [-0.2, 0) is 4.74 Å². The number of aliphatic hydroxyl groups is 4. The van der Waals surface area contributed by atoms with Gasteiger partial charge in [0.2, 0.25) is 6.29 Å². The zero-order valence-electron chi connectivity index (χ0n) is 10.9. The molecule has 9 heteroatoms. The first-order valence-electron chi connectivity index (χ1n) is 6.24. The van der Waals surface area contributed by atoms with Gasteiger partial charge in [-0.2, -0.15) is 5.23 Å². The molecule has 6 N–H and O–H groups in total. The lowest BCUT2D eigenvalue weighted by Crippen LogP contribution is -2.99. The van der Waals surface area contributed by atoms with Crippen LogP contribution in [0.5, 0.6) is 5.75 Å². The Hall–Kier alpha value is -1.30. The number of ether oxygens (including phenoxy) is 2. The van der Waals surface area contributed by atoms with E-state index in [0.717, 1.165) is 0 Å². The fourth-order valence-electron chi connectivity index (χ4n) is 1.97. The summed E-state index contributed by atoms with van der Waals surface area (Å²) in [5.41, 5.74) is 0.0659. The normalized spacial score (nSPS) is 34.5. The molecular weight excluding hydrogens is 286 g/mol. The molecule has 1 aliphatic rings. The number of quaternary nitrogens is 1. The van der Waals surface area contributed by atoms with Gasteiger partial charge in [-0.1, -0.05) is 0 Å². The van der Waals surface area contributed by atoms with Gasteiger partial charge in [0.1, 0.15) is 30.2 Å². The molecule has 1 aliphatic heterocycles. The largest absolute Gasteiger partial charge is 0.595 e. The molecule has 1 saturated heterocycles. The highest BCUT2D eigenvalue weighted by Gasteiger charge is 2.44. The van der Waals surface area contributed by atoms with Gasteiger partial charge in [-0.25, -0.2) is 5.21 Å². The Morgan fingerprint density at radius 2 is 1.71 bits per heavy atom. The van der Waals surface area contributed by atoms with Crippen molar-refractivity contribution in [2.45, 2.75) is 30.7 Å². The maximum atomic E-state index is 10.7. The molecule has 0 amide bonds. The lowest BCUT2D eigenvalue weighted by Gasteiger charge is -2.39. The van der Waals surface area contributed by atoms with Crippen LogP contribution in [0, 0.1) is 5.21 Å². The summed E-state index contributed by atoms with van der Waals surface area (Å²) < 4.78 is 10.5. The summed E-state index contributed by atoms with van der Waals surface area (Å²) in [7, 11) is 0. The van der Waals surface area contributed by atoms with E-state index in [1.807, 2.05) is 0 Å². The van der Waals surface area contributed by atoms with Gasteiger partial charge in [0, 0.05) is 12.1 Å². The van der Waals surface area contributed by atoms with E-state index in [0.29, 0.717) is 0 Å². The van der Waals surface area contributed by atoms with E-state index >= 15 is 0 Å². The van der Waals surface area contributed by atoms with E-state index in [4.69, 9.17) is 19.8 Å². The molecule has 118 valence electrons. The minimum atomic E-state index is -1.53. The van der Waals surface area contributed by atoms with Crippen molar-refractivity contribution in [3.8, 4) is 5.75 Å². The molecule has 21 heavy (non-hydrogen) atoms. The molecular formula is C12H17NO8. The highest BCUT2D eigenvalue weighted by atomic mass is 16.8. The summed E-state index contributed by atoms with van der Waals surface area (Å²) >= 11 is 0. The summed E-state index contributed by atoms with van der Waals surface area (Å²) in [6, 6.07) is 5.35. The quantitative estimate of drug-likeness (QED) is 0.329. The second-order valence-electron chi connectivity index (χ2n) is 4.64. The molecule has 1 aromatic rings. The lowest BCUT2D eigenvalue weighted by atomic mass is 9.99. The van der Waals surface area contributed by atoms with E-state index < -0.39 is 42.5 Å². The maximum absolute atomic E-state index is 10.7. The minimum absolute atomic E-state index is 0.0659. The highest BCUT2D eigenvalue weighted by molar-refractivity contribution is 5.35. The minimum Gasteiger partial charge on any atom is -0.595 e. The Bertz CT molecular complexity index is 451. The van der Waals surface area contributed by atoms with Gasteiger partial charge in [0.15, 0.2) is 5.69 Å². The third-order valence-electron chi connectivity index (χ3n) is 3.20. The van der Waals surface area contributed by atoms with E-state index in [1.165, 1.54) is 24.3 Å². The van der Waals surface area contributed by atoms with Crippen LogP contribution in [0.25, 0.3) is 0 Å². The van der Waals surface area contributed by atoms with Gasteiger partial charge in [-0.15, -0.1) is 0 Å². The average Bonchev–Trinajstić information content (AvgIpc) is 2.48. The molecule has 0 aliphatic carbocycles. The number of nitrogens with one attached hydrogen (secondary N) is 1. The van der Waals surface area contributed by atoms with Gasteiger partial charge >= 0.3 is 0 Å². The molecule has 9 nitrogen and oxygen atoms in total. The molecule has 1 heterocycles. The van der Waals surface area contributed by atoms with E-state index in [9.17, 15) is 20.5 Å². The lowest BCUT2D eigenvalue weighted by molar-refractivity contribution is -0.991. The topological polar surface area (TPSA) is 147 Å². The summed E-state index contributed by atoms with van der Waals surface area (Å²) in [4.78, 5) is 0. The summed E-state index contributed by atoms with van der Waals surface area (Å²) in [6.07, 6.45) is -6.86. The predicted octanol–water partition coefficient (Wildman–Crippen LogP) is -2.73. The van der Waals surface area contributed by atoms with Gasteiger partial charge < -0.3 is 35.1 Å². The zero-order chi connectivity index (χ0) is 15.6. The van der Waals surface area contributed by atoms with Crippen LogP contribution >= 0.6 is 0 Å². The van der Waals surface area contributed by atoms with Crippen molar-refractivity contribution in [1.29, 1.82) is 0 Å². The molecule has 1 fully saturated rings. The van der Waals surface area contributed by atoms with E-state index in [2.05, 4.69) is 0 Å². The molecule has 1 unspecified atom stereocenters. The van der Waals surface area contributed by atoms with Gasteiger partial charge in [-0.3, -0.25) is 0 Å². The van der Waals surface area contributed by atoms with Crippen molar-refractivity contribution in [2.24, 2.45) is 0 Å². The Morgan fingerprint density at radius 1 is 1.10 bits per heavy atom. The SMILES string of the molecule is [O-][NH+](O)c1ccc(O[C@@H]2O[C@H](CO)[C@@H](O)[C@H](O)[C@H]2O)cc1. The predicted molar refractivity (Wildman–Crippen MR) is 66.6 cm³/mol. The van der Waals surface area contributed by atoms with E-state index in [-0.39, 0.29) is 11.4 Å². The molecule has 6 atom stereocenters. The molecule has 0 aromatic heterocycles. The Morgan fingerprint density at radius 3 is 2.24 bits per heavy atom. The third-order valence-corrected chi connectivity index (χ3v) is 3.20. The fourth-order valence-corrected chi connectivity index (χ4v) is 1.97. The van der Waals surface area contributed by atoms with Crippen molar-refractivity contribution < 1.29 is 40.3 Å². The number of hydrogen-bond acceptors (Lipinski definition) is 8. The first-order valence-corrected chi connectivity index (χ1v) is 6.24. The Kier molecular flexibility index (Phi) is 5.08. The van der Waals surface area contributed by atoms with Crippen molar-refractivity contribution >= 4 is 5.69 Å². The Labute approximate surface area is 119 Å². The average molecular weight is 303 g/mol. The highest BCUT2D eigenvalue weighted by Crippen LogP contribution is 2.24. The van der Waals surface area contributed by atoms with E-state index in [1.54, 1.807) is 0 Å². The van der Waals surface area contributed by atoms with Gasteiger partial charge in [0.25, 0.3) is 0 Å². The van der Waals surface area contributed by atoms with Crippen molar-refractivity contribution in [1.82, 2.24) is 0 Å². The van der Waals surface area contributed by atoms with Crippen LogP contribution < -0.4 is 9.96 Å². The number of hydrogen-bond donors (Lipinski definition) is 6. The first-order chi connectivity index (χ1) is 9.93. The monoisotopic (exact) mass is 303 g/mol. The number of benzene rings is 1. The smallest absolute Gasteiger partial charge is 0.229 e. The van der Waals surface area contributed by atoms with Crippen LogP contribution in [0.3, 0.4) is 0 Å². The van der Waals surface area contributed by atoms with Crippen molar-refractivity contribution in [3.63, 3.8) is 0 Å². The number of aliphatic hydroxyl groups excluding tert-OH is 4. The van der Waals surface area contributed by atoms with Crippen molar-refractivity contribution in [3.05, 3.63) is 29.5 Å². The summed E-state index contributed by atoms with van der Waals surface area (Å²) in [5.74, 6) is 0.212. The van der Waals surface area contributed by atoms with Crippen LogP contribution in [0.1, 0.15) is 0 Å². The number of rotatable bonds is 4. The summed E-state index contributed by atoms with van der Waals surface area (Å²) in [6.45, 7) is -0.553.